The summed E-state index contributed by atoms with van der Waals surface area (Å²) in [5, 5.41) is 11.3. The molecule has 1 rings (SSSR count). The van der Waals surface area contributed by atoms with Crippen LogP contribution in [0.2, 0.25) is 0 Å². The van der Waals surface area contributed by atoms with Gasteiger partial charge in [0.1, 0.15) is 0 Å². The molecule has 1 aromatic carbocycles. The van der Waals surface area contributed by atoms with Crippen molar-refractivity contribution in [2.45, 2.75) is 25.7 Å². The van der Waals surface area contributed by atoms with Crippen LogP contribution < -0.4 is 5.32 Å². The molecule has 5 heteroatoms. The zero-order chi connectivity index (χ0) is 12.2. The zero-order valence-corrected chi connectivity index (χ0v) is 8.88. The first kappa shape index (κ1) is 13.0. The summed E-state index contributed by atoms with van der Waals surface area (Å²) < 4.78 is 35.8. The van der Waals surface area contributed by atoms with Crippen LogP contribution in [0.1, 0.15) is 11.1 Å². The lowest BCUT2D eigenvalue weighted by molar-refractivity contribution is -0.201. The smallest absolute Gasteiger partial charge is 0.382 e. The summed E-state index contributed by atoms with van der Waals surface area (Å²) in [5.41, 5.74) is 1.95. The van der Waals surface area contributed by atoms with Gasteiger partial charge in [-0.1, -0.05) is 29.8 Å². The summed E-state index contributed by atoms with van der Waals surface area (Å²) >= 11 is 0. The van der Waals surface area contributed by atoms with E-state index in [1.54, 1.807) is 0 Å². The number of aliphatic hydroxyl groups excluding tert-OH is 1. The van der Waals surface area contributed by atoms with Crippen LogP contribution in [0, 0.1) is 6.92 Å². The van der Waals surface area contributed by atoms with Crippen LogP contribution in [0.5, 0.6) is 0 Å². The minimum Gasteiger partial charge on any atom is -0.382 e. The number of hydrogen-bond donors (Lipinski definition) is 2. The summed E-state index contributed by atoms with van der Waals surface area (Å²) in [6.45, 7) is 1.74. The molecule has 0 aliphatic carbocycles. The third kappa shape index (κ3) is 4.20. The van der Waals surface area contributed by atoms with E-state index in [-0.39, 0.29) is 0 Å². The fraction of sp³-hybridized carbons (Fsp3) is 0.455. The lowest BCUT2D eigenvalue weighted by atomic mass is 10.1. The number of nitrogens with one attached hydrogen (secondary N) is 1. The predicted molar refractivity (Wildman–Crippen MR) is 54.9 cm³/mol. The molecule has 1 atom stereocenters. The van der Waals surface area contributed by atoms with Crippen molar-refractivity contribution in [1.82, 2.24) is 5.32 Å². The van der Waals surface area contributed by atoms with Crippen LogP contribution in [-0.2, 0) is 6.54 Å². The highest BCUT2D eigenvalue weighted by Crippen LogP contribution is 2.19. The molecule has 0 bridgehead atoms. The van der Waals surface area contributed by atoms with Gasteiger partial charge in [-0.2, -0.15) is 13.2 Å². The van der Waals surface area contributed by atoms with Crippen molar-refractivity contribution in [1.29, 1.82) is 0 Å². The highest BCUT2D eigenvalue weighted by Gasteiger charge is 2.37. The SMILES string of the molecule is Cc1cccc(CNCC(O)C(F)(F)F)c1. The van der Waals surface area contributed by atoms with Crippen LogP contribution >= 0.6 is 0 Å². The average molecular weight is 233 g/mol. The molecule has 0 radical (unpaired) electrons. The highest BCUT2D eigenvalue weighted by molar-refractivity contribution is 5.21. The van der Waals surface area contributed by atoms with Crippen molar-refractivity contribution < 1.29 is 18.3 Å². The van der Waals surface area contributed by atoms with E-state index in [2.05, 4.69) is 5.32 Å². The molecule has 0 spiro atoms. The Hall–Kier alpha value is -1.07. The largest absolute Gasteiger partial charge is 0.415 e. The van der Waals surface area contributed by atoms with E-state index in [0.29, 0.717) is 6.54 Å². The van der Waals surface area contributed by atoms with Crippen molar-refractivity contribution in [2.24, 2.45) is 0 Å². The minimum atomic E-state index is -4.56. The highest BCUT2D eigenvalue weighted by atomic mass is 19.4. The second-order valence-corrected chi connectivity index (χ2v) is 3.68. The molecule has 1 unspecified atom stereocenters. The first-order valence-electron chi connectivity index (χ1n) is 4.90. The van der Waals surface area contributed by atoms with E-state index >= 15 is 0 Å². The van der Waals surface area contributed by atoms with Crippen LogP contribution in [0.25, 0.3) is 0 Å². The summed E-state index contributed by atoms with van der Waals surface area (Å²) in [6.07, 6.45) is -6.86. The van der Waals surface area contributed by atoms with Gasteiger partial charge >= 0.3 is 6.18 Å². The third-order valence-corrected chi connectivity index (χ3v) is 2.13. The summed E-state index contributed by atoms with van der Waals surface area (Å²) in [6, 6.07) is 7.45. The number of alkyl halides is 3. The second kappa shape index (κ2) is 5.32. The fourth-order valence-electron chi connectivity index (χ4n) is 1.29. The average Bonchev–Trinajstić information content (AvgIpc) is 2.16. The Bertz CT molecular complexity index is 338. The van der Waals surface area contributed by atoms with Gasteiger partial charge in [-0.3, -0.25) is 0 Å². The Kier molecular flexibility index (Phi) is 4.32. The number of halogens is 3. The Morgan fingerprint density at radius 1 is 1.38 bits per heavy atom. The van der Waals surface area contributed by atoms with E-state index in [1.165, 1.54) is 0 Å². The molecule has 0 fully saturated rings. The molecule has 1 aromatic rings. The van der Waals surface area contributed by atoms with Gasteiger partial charge in [-0.25, -0.2) is 0 Å². The van der Waals surface area contributed by atoms with Crippen molar-refractivity contribution in [3.63, 3.8) is 0 Å². The van der Waals surface area contributed by atoms with Gasteiger partial charge in [0.05, 0.1) is 0 Å². The van der Waals surface area contributed by atoms with Gasteiger partial charge in [-0.05, 0) is 12.5 Å². The maximum Gasteiger partial charge on any atom is 0.415 e. The third-order valence-electron chi connectivity index (χ3n) is 2.13. The van der Waals surface area contributed by atoms with E-state index in [9.17, 15) is 13.2 Å². The number of benzene rings is 1. The van der Waals surface area contributed by atoms with Crippen molar-refractivity contribution in [3.8, 4) is 0 Å². The molecule has 0 saturated heterocycles. The molecule has 0 amide bonds. The Morgan fingerprint density at radius 2 is 2.06 bits per heavy atom. The Labute approximate surface area is 92.1 Å². The molecule has 2 nitrogen and oxygen atoms in total. The molecule has 2 N–H and O–H groups in total. The van der Waals surface area contributed by atoms with E-state index < -0.39 is 18.8 Å². The molecule has 0 aliphatic rings. The van der Waals surface area contributed by atoms with Crippen molar-refractivity contribution in [3.05, 3.63) is 35.4 Å². The standard InChI is InChI=1S/C11H14F3NO/c1-8-3-2-4-9(5-8)6-15-7-10(16)11(12,13)14/h2-5,10,15-16H,6-7H2,1H3. The Morgan fingerprint density at radius 3 is 2.62 bits per heavy atom. The van der Waals surface area contributed by atoms with Gasteiger partial charge in [-0.15, -0.1) is 0 Å². The van der Waals surface area contributed by atoms with E-state index in [0.717, 1.165) is 11.1 Å². The molecular formula is C11H14F3NO. The zero-order valence-electron chi connectivity index (χ0n) is 8.88. The van der Waals surface area contributed by atoms with Crippen LogP contribution in [-0.4, -0.2) is 23.9 Å². The number of hydrogen-bond acceptors (Lipinski definition) is 2. The number of aryl methyl sites for hydroxylation is 1. The van der Waals surface area contributed by atoms with Crippen LogP contribution in [0.15, 0.2) is 24.3 Å². The van der Waals surface area contributed by atoms with Gasteiger partial charge in [0.2, 0.25) is 0 Å². The lowest BCUT2D eigenvalue weighted by Crippen LogP contribution is -2.38. The topological polar surface area (TPSA) is 32.3 Å². The second-order valence-electron chi connectivity index (χ2n) is 3.68. The molecular weight excluding hydrogens is 219 g/mol. The fourth-order valence-corrected chi connectivity index (χ4v) is 1.29. The van der Waals surface area contributed by atoms with Gasteiger partial charge < -0.3 is 10.4 Å². The van der Waals surface area contributed by atoms with Crippen molar-refractivity contribution in [2.75, 3.05) is 6.54 Å². The molecule has 0 aromatic heterocycles. The van der Waals surface area contributed by atoms with E-state index in [4.69, 9.17) is 5.11 Å². The first-order valence-corrected chi connectivity index (χ1v) is 4.90. The maximum atomic E-state index is 11.9. The summed E-state index contributed by atoms with van der Waals surface area (Å²) in [4.78, 5) is 0. The predicted octanol–water partition coefficient (Wildman–Crippen LogP) is 2.01. The van der Waals surface area contributed by atoms with Crippen molar-refractivity contribution >= 4 is 0 Å². The van der Waals surface area contributed by atoms with Gasteiger partial charge in [0.25, 0.3) is 0 Å². The van der Waals surface area contributed by atoms with Crippen LogP contribution in [0.4, 0.5) is 13.2 Å². The van der Waals surface area contributed by atoms with Crippen LogP contribution in [0.3, 0.4) is 0 Å². The Balaban J connectivity index is 2.36. The van der Waals surface area contributed by atoms with Gasteiger partial charge in [0.15, 0.2) is 6.10 Å². The monoisotopic (exact) mass is 233 g/mol. The molecule has 90 valence electrons. The van der Waals surface area contributed by atoms with E-state index in [1.807, 2.05) is 31.2 Å². The lowest BCUT2D eigenvalue weighted by Gasteiger charge is -2.15. The normalized spacial score (nSPS) is 13.8. The molecule has 16 heavy (non-hydrogen) atoms. The number of rotatable bonds is 4. The quantitative estimate of drug-likeness (QED) is 0.833. The maximum absolute atomic E-state index is 11.9. The van der Waals surface area contributed by atoms with Gasteiger partial charge in [0, 0.05) is 13.1 Å². The molecule has 0 aliphatic heterocycles. The number of aliphatic hydroxyl groups is 1. The molecule has 0 saturated carbocycles. The summed E-state index contributed by atoms with van der Waals surface area (Å²) in [7, 11) is 0. The first-order chi connectivity index (χ1) is 7.39. The molecule has 0 heterocycles. The minimum absolute atomic E-state index is 0.314. The summed E-state index contributed by atoms with van der Waals surface area (Å²) in [5.74, 6) is 0.